The maximum Gasteiger partial charge on any atom is 0.266 e. The highest BCUT2D eigenvalue weighted by molar-refractivity contribution is 14.1. The second-order valence-electron chi connectivity index (χ2n) is 4.91. The summed E-state index contributed by atoms with van der Waals surface area (Å²) in [5.74, 6) is -0.527. The fourth-order valence-electron chi connectivity index (χ4n) is 1.87. The third kappa shape index (κ3) is 4.62. The largest absolute Gasteiger partial charge is 0.506 e. The predicted octanol–water partition coefficient (Wildman–Crippen LogP) is 5.11. The van der Waals surface area contributed by atoms with Crippen LogP contribution in [0.25, 0.3) is 6.08 Å². The lowest BCUT2D eigenvalue weighted by Crippen LogP contribution is -2.13. The van der Waals surface area contributed by atoms with Gasteiger partial charge in [0.15, 0.2) is 0 Å². The number of anilines is 1. The predicted molar refractivity (Wildman–Crippen MR) is 112 cm³/mol. The molecule has 4 nitrogen and oxygen atoms in total. The van der Waals surface area contributed by atoms with Crippen molar-refractivity contribution >= 4 is 74.5 Å². The molecule has 24 heavy (non-hydrogen) atoms. The maximum absolute atomic E-state index is 12.3. The van der Waals surface area contributed by atoms with Crippen LogP contribution >= 0.6 is 56.8 Å². The molecular weight excluding hydrogens is 553 g/mol. The van der Waals surface area contributed by atoms with Gasteiger partial charge in [-0.3, -0.25) is 4.79 Å². The van der Waals surface area contributed by atoms with Crippen LogP contribution in [0.3, 0.4) is 0 Å². The van der Waals surface area contributed by atoms with E-state index in [2.05, 4.69) is 27.9 Å². The van der Waals surface area contributed by atoms with E-state index in [9.17, 15) is 15.2 Å². The monoisotopic (exact) mass is 564 g/mol. The Balaban J connectivity index is 2.32. The number of hydrogen-bond donors (Lipinski definition) is 2. The Morgan fingerprint density at radius 3 is 2.67 bits per heavy atom. The number of aromatic hydroxyl groups is 1. The van der Waals surface area contributed by atoms with Crippen molar-refractivity contribution in [3.8, 4) is 11.8 Å². The molecule has 0 saturated heterocycles. The number of hydrogen-bond acceptors (Lipinski definition) is 3. The van der Waals surface area contributed by atoms with Gasteiger partial charge in [0.2, 0.25) is 0 Å². The number of carbonyl (C=O) groups excluding carboxylic acids is 1. The molecule has 1 amide bonds. The van der Waals surface area contributed by atoms with Gasteiger partial charge in [0, 0.05) is 19.8 Å². The number of halogens is 3. The summed E-state index contributed by atoms with van der Waals surface area (Å²) in [4.78, 5) is 12.3. The third-order valence-corrected chi connectivity index (χ3v) is 5.00. The highest BCUT2D eigenvalue weighted by Crippen LogP contribution is 2.29. The Bertz CT molecular complexity index is 889. The average molecular weight is 565 g/mol. The molecule has 0 aliphatic heterocycles. The molecule has 0 aromatic heterocycles. The molecule has 0 radical (unpaired) electrons. The molecule has 7 heteroatoms. The van der Waals surface area contributed by atoms with Gasteiger partial charge in [0.25, 0.3) is 5.91 Å². The summed E-state index contributed by atoms with van der Waals surface area (Å²) in [5, 5.41) is 22.5. The van der Waals surface area contributed by atoms with E-state index >= 15 is 0 Å². The van der Waals surface area contributed by atoms with Crippen molar-refractivity contribution < 1.29 is 9.90 Å². The summed E-state index contributed by atoms with van der Waals surface area (Å²) < 4.78 is 1.54. The zero-order valence-electron chi connectivity index (χ0n) is 12.4. The lowest BCUT2D eigenvalue weighted by molar-refractivity contribution is -0.112. The summed E-state index contributed by atoms with van der Waals surface area (Å²) in [6.07, 6.45) is 1.37. The van der Waals surface area contributed by atoms with Gasteiger partial charge in [0.05, 0.1) is 3.57 Å². The number of phenols is 1. The number of nitrogens with one attached hydrogen (secondary N) is 1. The van der Waals surface area contributed by atoms with E-state index in [4.69, 9.17) is 11.6 Å². The normalized spacial score (nSPS) is 11.0. The number of aryl methyl sites for hydroxylation is 1. The van der Waals surface area contributed by atoms with Crippen molar-refractivity contribution in [3.63, 3.8) is 0 Å². The first-order valence-electron chi connectivity index (χ1n) is 6.69. The van der Waals surface area contributed by atoms with Crippen LogP contribution in [-0.2, 0) is 4.79 Å². The Labute approximate surface area is 171 Å². The summed E-state index contributed by atoms with van der Waals surface area (Å²) >= 11 is 10.1. The molecule has 0 spiro atoms. The van der Waals surface area contributed by atoms with Gasteiger partial charge in [-0.15, -0.1) is 0 Å². The number of rotatable bonds is 3. The van der Waals surface area contributed by atoms with Gasteiger partial charge in [-0.25, -0.2) is 0 Å². The number of phenolic OH excluding ortho intramolecular Hbond substituents is 1. The topological polar surface area (TPSA) is 73.1 Å². The number of carbonyl (C=O) groups is 1. The van der Waals surface area contributed by atoms with Crippen molar-refractivity contribution in [1.29, 1.82) is 5.26 Å². The summed E-state index contributed by atoms with van der Waals surface area (Å²) in [7, 11) is 0. The Hall–Kier alpha value is -1.31. The molecule has 0 heterocycles. The summed E-state index contributed by atoms with van der Waals surface area (Å²) in [6, 6.07) is 10.5. The molecule has 122 valence electrons. The minimum absolute atomic E-state index is 0.0370. The van der Waals surface area contributed by atoms with Gasteiger partial charge in [0.1, 0.15) is 17.4 Å². The van der Waals surface area contributed by atoms with E-state index in [1.807, 2.05) is 35.6 Å². The summed E-state index contributed by atoms with van der Waals surface area (Å²) in [6.45, 7) is 1.86. The Kier molecular flexibility index (Phi) is 6.48. The maximum atomic E-state index is 12.3. The van der Waals surface area contributed by atoms with Gasteiger partial charge in [-0.05, 0) is 88.0 Å². The van der Waals surface area contributed by atoms with Gasteiger partial charge in [-0.1, -0.05) is 17.7 Å². The van der Waals surface area contributed by atoms with Crippen LogP contribution in [0, 0.1) is 25.4 Å². The average Bonchev–Trinajstić information content (AvgIpc) is 2.52. The first-order valence-corrected chi connectivity index (χ1v) is 9.22. The quantitative estimate of drug-likeness (QED) is 0.309. The molecule has 0 fully saturated rings. The molecule has 0 bridgehead atoms. The van der Waals surface area contributed by atoms with Crippen LogP contribution in [-0.4, -0.2) is 11.0 Å². The smallest absolute Gasteiger partial charge is 0.266 e. The van der Waals surface area contributed by atoms with E-state index in [0.29, 0.717) is 19.8 Å². The van der Waals surface area contributed by atoms with Crippen LogP contribution < -0.4 is 5.32 Å². The first kappa shape index (κ1) is 19.0. The van der Waals surface area contributed by atoms with E-state index in [1.165, 1.54) is 6.08 Å². The van der Waals surface area contributed by atoms with E-state index in [0.717, 1.165) is 9.13 Å². The Morgan fingerprint density at radius 1 is 1.33 bits per heavy atom. The fraction of sp³-hybridized carbons (Fsp3) is 0.0588. The fourth-order valence-corrected chi connectivity index (χ4v) is 3.94. The minimum atomic E-state index is -0.564. The van der Waals surface area contributed by atoms with Crippen molar-refractivity contribution in [2.24, 2.45) is 0 Å². The highest BCUT2D eigenvalue weighted by Gasteiger charge is 2.13. The molecule has 2 N–H and O–H groups in total. The standard InChI is InChI=1S/C17H11ClI2N2O2/c1-9-2-3-13(7-14(9)18)22-17(24)11(8-21)4-10-5-12(19)6-15(20)16(10)23/h2-7,23H,1H3,(H,22,24)/b11-4+. The van der Waals surface area contributed by atoms with Crippen LogP contribution in [0.15, 0.2) is 35.9 Å². The first-order chi connectivity index (χ1) is 11.3. The number of nitriles is 1. The second-order valence-corrected chi connectivity index (χ2v) is 7.73. The molecule has 0 saturated carbocycles. The zero-order chi connectivity index (χ0) is 17.9. The van der Waals surface area contributed by atoms with Gasteiger partial charge in [-0.2, -0.15) is 5.26 Å². The van der Waals surface area contributed by atoms with Crippen molar-refractivity contribution in [2.75, 3.05) is 5.32 Å². The van der Waals surface area contributed by atoms with Crippen LogP contribution in [0.4, 0.5) is 5.69 Å². The molecular formula is C17H11ClI2N2O2. The molecule has 2 aromatic carbocycles. The Morgan fingerprint density at radius 2 is 2.04 bits per heavy atom. The van der Waals surface area contributed by atoms with Crippen LogP contribution in [0.2, 0.25) is 5.02 Å². The number of nitrogens with zero attached hydrogens (tertiary/aromatic N) is 1. The molecule has 0 aliphatic carbocycles. The van der Waals surface area contributed by atoms with Crippen molar-refractivity contribution in [2.45, 2.75) is 6.92 Å². The van der Waals surface area contributed by atoms with Crippen LogP contribution in [0.1, 0.15) is 11.1 Å². The lowest BCUT2D eigenvalue weighted by atomic mass is 10.1. The molecule has 0 unspecified atom stereocenters. The second kappa shape index (κ2) is 8.18. The van der Waals surface area contributed by atoms with Gasteiger partial charge < -0.3 is 10.4 Å². The molecule has 2 rings (SSSR count). The van der Waals surface area contributed by atoms with Crippen molar-refractivity contribution in [1.82, 2.24) is 0 Å². The molecule has 0 aliphatic rings. The summed E-state index contributed by atoms with van der Waals surface area (Å²) in [5.41, 5.74) is 1.70. The highest BCUT2D eigenvalue weighted by atomic mass is 127. The lowest BCUT2D eigenvalue weighted by Gasteiger charge is -2.07. The van der Waals surface area contributed by atoms with E-state index in [-0.39, 0.29) is 11.3 Å². The van der Waals surface area contributed by atoms with Crippen LogP contribution in [0.5, 0.6) is 5.75 Å². The van der Waals surface area contributed by atoms with Crippen molar-refractivity contribution in [3.05, 3.63) is 59.2 Å². The minimum Gasteiger partial charge on any atom is -0.506 e. The van der Waals surface area contributed by atoms with E-state index in [1.54, 1.807) is 30.3 Å². The third-order valence-electron chi connectivity index (χ3n) is 3.15. The molecule has 2 aromatic rings. The SMILES string of the molecule is Cc1ccc(NC(=O)/C(C#N)=C/c2cc(I)cc(I)c2O)cc1Cl. The number of amides is 1. The van der Waals surface area contributed by atoms with Gasteiger partial charge >= 0.3 is 0 Å². The van der Waals surface area contributed by atoms with E-state index < -0.39 is 5.91 Å². The number of benzene rings is 2. The molecule has 0 atom stereocenters. The zero-order valence-corrected chi connectivity index (χ0v) is 17.5.